The number of aldehydes is 1. The molecule has 0 aromatic carbocycles. The van der Waals surface area contributed by atoms with Gasteiger partial charge in [-0.2, -0.15) is 5.26 Å². The highest BCUT2D eigenvalue weighted by Crippen LogP contribution is 2.24. The summed E-state index contributed by atoms with van der Waals surface area (Å²) in [5, 5.41) is 8.73. The molecule has 0 fully saturated rings. The Morgan fingerprint density at radius 3 is 2.73 bits per heavy atom. The number of alkyl halides is 3. The topological polar surface area (TPSA) is 53.8 Å². The van der Waals surface area contributed by atoms with Gasteiger partial charge < -0.3 is 0 Å². The van der Waals surface area contributed by atoms with E-state index in [2.05, 4.69) is 4.98 Å². The monoisotopic (exact) mass is 230 g/mol. The number of aromatic nitrogens is 1. The van der Waals surface area contributed by atoms with Crippen LogP contribution in [0.25, 0.3) is 0 Å². The average Bonchev–Trinajstić information content (AvgIpc) is 2.26. The Kier molecular flexibility index (Phi) is 3.69. The van der Waals surface area contributed by atoms with Crippen LogP contribution in [0, 0.1) is 11.3 Å². The number of carbonyl (C=O) groups excluding carboxylic acids is 1. The minimum atomic E-state index is -2.89. The van der Waals surface area contributed by atoms with Crippen molar-refractivity contribution in [3.8, 4) is 6.07 Å². The molecule has 6 heteroatoms. The molecule has 1 rings (SSSR count). The van der Waals surface area contributed by atoms with Crippen LogP contribution >= 0.6 is 11.6 Å². The summed E-state index contributed by atoms with van der Waals surface area (Å²) in [5.41, 5.74) is -0.933. The van der Waals surface area contributed by atoms with Gasteiger partial charge in [0, 0.05) is 11.8 Å². The normalized spacial score (nSPS) is 10.1. The molecule has 0 spiro atoms. The molecule has 3 nitrogen and oxygen atoms in total. The second-order valence-corrected chi connectivity index (χ2v) is 2.89. The van der Waals surface area contributed by atoms with E-state index in [0.717, 1.165) is 6.20 Å². The molecule has 0 amide bonds. The van der Waals surface area contributed by atoms with Crippen molar-refractivity contribution in [1.29, 1.82) is 5.26 Å². The van der Waals surface area contributed by atoms with Gasteiger partial charge >= 0.3 is 0 Å². The first kappa shape index (κ1) is 11.5. The predicted octanol–water partition coefficient (Wildman–Crippen LogP) is 2.44. The van der Waals surface area contributed by atoms with Gasteiger partial charge in [-0.1, -0.05) is 0 Å². The number of hydrogen-bond acceptors (Lipinski definition) is 3. The molecule has 0 unspecified atom stereocenters. The van der Waals surface area contributed by atoms with Crippen LogP contribution in [0.15, 0.2) is 6.20 Å². The standard InChI is InChI=1S/C9H5ClF2N2O/c10-1-5-3-14-8(9(11)12)7(4-15)6(5)2-13/h3-4,9H,1H2. The van der Waals surface area contributed by atoms with E-state index in [-0.39, 0.29) is 28.9 Å². The fourth-order valence-electron chi connectivity index (χ4n) is 1.11. The Hall–Kier alpha value is -1.54. The van der Waals surface area contributed by atoms with E-state index in [1.54, 1.807) is 6.07 Å². The predicted molar refractivity (Wildman–Crippen MR) is 48.9 cm³/mol. The van der Waals surface area contributed by atoms with Gasteiger partial charge in [-0.05, 0) is 0 Å². The summed E-state index contributed by atoms with van der Waals surface area (Å²) in [4.78, 5) is 14.0. The summed E-state index contributed by atoms with van der Waals surface area (Å²) in [6.07, 6.45) is -1.61. The molecule has 0 aliphatic rings. The third kappa shape index (κ3) is 2.10. The van der Waals surface area contributed by atoms with E-state index in [0.29, 0.717) is 0 Å². The molecular weight excluding hydrogens is 226 g/mol. The first-order chi connectivity index (χ1) is 7.15. The molecule has 1 aromatic heterocycles. The van der Waals surface area contributed by atoms with Crippen LogP contribution in [0.4, 0.5) is 8.78 Å². The molecule has 0 atom stereocenters. The Morgan fingerprint density at radius 2 is 2.33 bits per heavy atom. The van der Waals surface area contributed by atoms with Gasteiger partial charge in [0.2, 0.25) is 0 Å². The number of hydrogen-bond donors (Lipinski definition) is 0. The Morgan fingerprint density at radius 1 is 1.67 bits per heavy atom. The molecule has 0 aliphatic carbocycles. The zero-order chi connectivity index (χ0) is 11.4. The highest BCUT2D eigenvalue weighted by molar-refractivity contribution is 6.17. The van der Waals surface area contributed by atoms with E-state index in [4.69, 9.17) is 16.9 Å². The maximum Gasteiger partial charge on any atom is 0.281 e. The van der Waals surface area contributed by atoms with Crippen LogP contribution in [0.2, 0.25) is 0 Å². The molecule has 0 aliphatic heterocycles. The molecule has 1 heterocycles. The van der Waals surface area contributed by atoms with Crippen molar-refractivity contribution in [2.24, 2.45) is 0 Å². The maximum absolute atomic E-state index is 12.4. The minimum absolute atomic E-state index is 0.0553. The van der Waals surface area contributed by atoms with Crippen LogP contribution in [0.5, 0.6) is 0 Å². The average molecular weight is 231 g/mol. The Labute approximate surface area is 89.3 Å². The lowest BCUT2D eigenvalue weighted by atomic mass is 10.0. The van der Waals surface area contributed by atoms with E-state index in [9.17, 15) is 13.6 Å². The Balaban J connectivity index is 3.50. The second kappa shape index (κ2) is 4.80. The molecule has 0 bridgehead atoms. The first-order valence-electron chi connectivity index (χ1n) is 3.86. The summed E-state index contributed by atoms with van der Waals surface area (Å²) in [6.45, 7) is 0. The van der Waals surface area contributed by atoms with E-state index < -0.39 is 12.1 Å². The smallest absolute Gasteiger partial charge is 0.281 e. The van der Waals surface area contributed by atoms with Crippen molar-refractivity contribution < 1.29 is 13.6 Å². The van der Waals surface area contributed by atoms with Crippen molar-refractivity contribution in [3.05, 3.63) is 28.6 Å². The van der Waals surface area contributed by atoms with Crippen molar-refractivity contribution in [3.63, 3.8) is 0 Å². The molecule has 15 heavy (non-hydrogen) atoms. The minimum Gasteiger partial charge on any atom is -0.298 e. The highest BCUT2D eigenvalue weighted by Gasteiger charge is 2.19. The van der Waals surface area contributed by atoms with Gasteiger partial charge in [0.1, 0.15) is 11.8 Å². The number of halogens is 3. The zero-order valence-electron chi connectivity index (χ0n) is 7.38. The molecule has 0 saturated carbocycles. The van der Waals surface area contributed by atoms with Gasteiger partial charge in [0.05, 0.1) is 17.0 Å². The largest absolute Gasteiger partial charge is 0.298 e. The first-order valence-corrected chi connectivity index (χ1v) is 4.40. The number of carbonyl (C=O) groups is 1. The SMILES string of the molecule is N#Cc1c(CCl)cnc(C(F)F)c1C=O. The van der Waals surface area contributed by atoms with Gasteiger partial charge in [0.15, 0.2) is 6.29 Å². The molecule has 1 aromatic rings. The summed E-state index contributed by atoms with van der Waals surface area (Å²) >= 11 is 5.48. The van der Waals surface area contributed by atoms with Gasteiger partial charge in [-0.25, -0.2) is 8.78 Å². The summed E-state index contributed by atoms with van der Waals surface area (Å²) in [7, 11) is 0. The third-order valence-electron chi connectivity index (χ3n) is 1.81. The van der Waals surface area contributed by atoms with Crippen molar-refractivity contribution >= 4 is 17.9 Å². The van der Waals surface area contributed by atoms with E-state index in [1.807, 2.05) is 0 Å². The summed E-state index contributed by atoms with van der Waals surface area (Å²) in [6, 6.07) is 1.67. The lowest BCUT2D eigenvalue weighted by Gasteiger charge is -2.06. The van der Waals surface area contributed by atoms with E-state index in [1.165, 1.54) is 0 Å². The van der Waals surface area contributed by atoms with Crippen molar-refractivity contribution in [2.75, 3.05) is 0 Å². The fourth-order valence-corrected chi connectivity index (χ4v) is 1.31. The zero-order valence-corrected chi connectivity index (χ0v) is 8.13. The quantitative estimate of drug-likeness (QED) is 0.592. The van der Waals surface area contributed by atoms with Crippen LogP contribution in [0.3, 0.4) is 0 Å². The van der Waals surface area contributed by atoms with Crippen molar-refractivity contribution in [1.82, 2.24) is 4.98 Å². The lowest BCUT2D eigenvalue weighted by Crippen LogP contribution is -2.04. The number of pyridine rings is 1. The van der Waals surface area contributed by atoms with Gasteiger partial charge in [0.25, 0.3) is 6.43 Å². The number of nitriles is 1. The number of rotatable bonds is 3. The molecule has 0 radical (unpaired) electrons. The van der Waals surface area contributed by atoms with Crippen LogP contribution in [-0.4, -0.2) is 11.3 Å². The summed E-state index contributed by atoms with van der Waals surface area (Å²) < 4.78 is 24.8. The second-order valence-electron chi connectivity index (χ2n) is 2.62. The molecular formula is C9H5ClF2N2O. The van der Waals surface area contributed by atoms with Gasteiger partial charge in [-0.3, -0.25) is 9.78 Å². The van der Waals surface area contributed by atoms with E-state index >= 15 is 0 Å². The molecule has 0 saturated heterocycles. The maximum atomic E-state index is 12.4. The highest BCUT2D eigenvalue weighted by atomic mass is 35.5. The van der Waals surface area contributed by atoms with Crippen LogP contribution < -0.4 is 0 Å². The Bertz CT molecular complexity index is 429. The van der Waals surface area contributed by atoms with Crippen LogP contribution in [-0.2, 0) is 5.88 Å². The van der Waals surface area contributed by atoms with Crippen LogP contribution in [0.1, 0.15) is 33.6 Å². The molecule has 0 N–H and O–H groups in total. The third-order valence-corrected chi connectivity index (χ3v) is 2.09. The lowest BCUT2D eigenvalue weighted by molar-refractivity contribution is 0.110. The molecule has 78 valence electrons. The number of nitrogens with zero attached hydrogens (tertiary/aromatic N) is 2. The van der Waals surface area contributed by atoms with Gasteiger partial charge in [-0.15, -0.1) is 11.6 Å². The summed E-state index contributed by atoms with van der Waals surface area (Å²) in [5.74, 6) is -0.0553. The fraction of sp³-hybridized carbons (Fsp3) is 0.222. The van der Waals surface area contributed by atoms with Crippen molar-refractivity contribution in [2.45, 2.75) is 12.3 Å².